The monoisotopic (exact) mass is 280 g/mol. The van der Waals surface area contributed by atoms with Gasteiger partial charge in [-0.15, -0.1) is 0 Å². The van der Waals surface area contributed by atoms with E-state index in [2.05, 4.69) is 22.1 Å². The first-order valence-electron chi connectivity index (χ1n) is 6.64. The van der Waals surface area contributed by atoms with E-state index in [0.29, 0.717) is 17.8 Å². The van der Waals surface area contributed by atoms with E-state index in [1.807, 2.05) is 25.1 Å². The SMILES string of the molecule is Cc1cccc(NC(=O)c2cccc(C#CCCO)c2)n1. The van der Waals surface area contributed by atoms with E-state index in [9.17, 15) is 4.79 Å². The van der Waals surface area contributed by atoms with Gasteiger partial charge in [0.25, 0.3) is 5.91 Å². The average Bonchev–Trinajstić information content (AvgIpc) is 2.48. The highest BCUT2D eigenvalue weighted by atomic mass is 16.2. The maximum atomic E-state index is 12.2. The number of carbonyl (C=O) groups is 1. The van der Waals surface area contributed by atoms with Crippen LogP contribution in [0.25, 0.3) is 0 Å². The van der Waals surface area contributed by atoms with Crippen LogP contribution in [0.5, 0.6) is 0 Å². The van der Waals surface area contributed by atoms with Crippen LogP contribution >= 0.6 is 0 Å². The molecule has 0 fully saturated rings. The van der Waals surface area contributed by atoms with Gasteiger partial charge >= 0.3 is 0 Å². The maximum Gasteiger partial charge on any atom is 0.256 e. The van der Waals surface area contributed by atoms with Crippen molar-refractivity contribution in [2.24, 2.45) is 0 Å². The van der Waals surface area contributed by atoms with E-state index >= 15 is 0 Å². The number of anilines is 1. The van der Waals surface area contributed by atoms with Gasteiger partial charge in [-0.05, 0) is 37.3 Å². The molecule has 2 N–H and O–H groups in total. The Kier molecular flexibility index (Phi) is 5.08. The highest BCUT2D eigenvalue weighted by molar-refractivity contribution is 6.03. The van der Waals surface area contributed by atoms with Crippen molar-refractivity contribution < 1.29 is 9.90 Å². The second kappa shape index (κ2) is 7.22. The molecule has 21 heavy (non-hydrogen) atoms. The molecule has 106 valence electrons. The zero-order chi connectivity index (χ0) is 15.1. The number of carbonyl (C=O) groups excluding carboxylic acids is 1. The Labute approximate surface area is 123 Å². The first kappa shape index (κ1) is 14.8. The summed E-state index contributed by atoms with van der Waals surface area (Å²) in [6, 6.07) is 12.5. The fourth-order valence-corrected chi connectivity index (χ4v) is 1.76. The number of nitrogens with one attached hydrogen (secondary N) is 1. The van der Waals surface area contributed by atoms with Crippen molar-refractivity contribution in [1.29, 1.82) is 0 Å². The molecule has 0 saturated carbocycles. The average molecular weight is 280 g/mol. The molecule has 1 aromatic heterocycles. The summed E-state index contributed by atoms with van der Waals surface area (Å²) in [5.74, 6) is 6.04. The summed E-state index contributed by atoms with van der Waals surface area (Å²) in [5, 5.41) is 11.5. The molecule has 1 amide bonds. The van der Waals surface area contributed by atoms with Crippen LogP contribution < -0.4 is 5.32 Å². The maximum absolute atomic E-state index is 12.2. The van der Waals surface area contributed by atoms with Crippen molar-refractivity contribution >= 4 is 11.7 Å². The zero-order valence-electron chi connectivity index (χ0n) is 11.8. The summed E-state index contributed by atoms with van der Waals surface area (Å²) < 4.78 is 0. The number of aryl methyl sites for hydroxylation is 1. The Hall–Kier alpha value is -2.64. The fraction of sp³-hybridized carbons (Fsp3) is 0.176. The van der Waals surface area contributed by atoms with Crippen LogP contribution in [0, 0.1) is 18.8 Å². The van der Waals surface area contributed by atoms with Crippen LogP contribution in [-0.2, 0) is 0 Å². The molecule has 4 nitrogen and oxygen atoms in total. The molecule has 0 atom stereocenters. The predicted octanol–water partition coefficient (Wildman–Crippen LogP) is 2.38. The van der Waals surface area contributed by atoms with E-state index in [1.54, 1.807) is 24.3 Å². The quantitative estimate of drug-likeness (QED) is 0.849. The van der Waals surface area contributed by atoms with E-state index in [4.69, 9.17) is 5.11 Å². The zero-order valence-corrected chi connectivity index (χ0v) is 11.8. The number of pyridine rings is 1. The number of benzene rings is 1. The number of hydrogen-bond donors (Lipinski definition) is 2. The molecule has 2 aromatic rings. The van der Waals surface area contributed by atoms with Crippen LogP contribution in [0.15, 0.2) is 42.5 Å². The normalized spacial score (nSPS) is 9.62. The number of amides is 1. The lowest BCUT2D eigenvalue weighted by Gasteiger charge is -2.05. The van der Waals surface area contributed by atoms with Gasteiger partial charge in [0.2, 0.25) is 0 Å². The van der Waals surface area contributed by atoms with Crippen molar-refractivity contribution in [2.75, 3.05) is 11.9 Å². The van der Waals surface area contributed by atoms with E-state index in [0.717, 1.165) is 11.3 Å². The van der Waals surface area contributed by atoms with Gasteiger partial charge < -0.3 is 10.4 Å². The molecular weight excluding hydrogens is 264 g/mol. The summed E-state index contributed by atoms with van der Waals surface area (Å²) >= 11 is 0. The lowest BCUT2D eigenvalue weighted by Crippen LogP contribution is -2.13. The van der Waals surface area contributed by atoms with Crippen LogP contribution in [0.2, 0.25) is 0 Å². The highest BCUT2D eigenvalue weighted by Gasteiger charge is 2.07. The highest BCUT2D eigenvalue weighted by Crippen LogP contribution is 2.09. The second-order valence-corrected chi connectivity index (χ2v) is 4.47. The van der Waals surface area contributed by atoms with Gasteiger partial charge in [-0.3, -0.25) is 4.79 Å². The third-order valence-corrected chi connectivity index (χ3v) is 2.72. The second-order valence-electron chi connectivity index (χ2n) is 4.47. The predicted molar refractivity (Wildman–Crippen MR) is 82.0 cm³/mol. The molecule has 0 saturated heterocycles. The molecule has 0 spiro atoms. The van der Waals surface area contributed by atoms with Crippen LogP contribution in [0.4, 0.5) is 5.82 Å². The summed E-state index contributed by atoms with van der Waals surface area (Å²) in [7, 11) is 0. The van der Waals surface area contributed by atoms with Gasteiger partial charge in [-0.2, -0.15) is 0 Å². The molecule has 0 bridgehead atoms. The Morgan fingerprint density at radius 3 is 2.86 bits per heavy atom. The van der Waals surface area contributed by atoms with Crippen LogP contribution in [-0.4, -0.2) is 22.6 Å². The van der Waals surface area contributed by atoms with Crippen molar-refractivity contribution in [3.63, 3.8) is 0 Å². The van der Waals surface area contributed by atoms with E-state index in [-0.39, 0.29) is 12.5 Å². The summed E-state index contributed by atoms with van der Waals surface area (Å²) in [6.07, 6.45) is 0.420. The molecule has 0 aliphatic heterocycles. The van der Waals surface area contributed by atoms with Gasteiger partial charge in [-0.1, -0.05) is 24.0 Å². The number of nitrogens with zero attached hydrogens (tertiary/aromatic N) is 1. The molecule has 0 aliphatic carbocycles. The lowest BCUT2D eigenvalue weighted by molar-refractivity contribution is 0.102. The standard InChI is InChI=1S/C17H16N2O2/c1-13-6-4-10-16(18-13)19-17(21)15-9-5-8-14(12-15)7-2-3-11-20/h4-6,8-10,12,20H,3,11H2,1H3,(H,18,19,21). The van der Waals surface area contributed by atoms with E-state index < -0.39 is 0 Å². The number of hydrogen-bond acceptors (Lipinski definition) is 3. The summed E-state index contributed by atoms with van der Waals surface area (Å²) in [5.41, 5.74) is 2.11. The van der Waals surface area contributed by atoms with Crippen molar-refractivity contribution in [2.45, 2.75) is 13.3 Å². The van der Waals surface area contributed by atoms with Gasteiger partial charge in [0, 0.05) is 23.2 Å². The van der Waals surface area contributed by atoms with E-state index in [1.165, 1.54) is 0 Å². The minimum atomic E-state index is -0.223. The first-order chi connectivity index (χ1) is 10.2. The summed E-state index contributed by atoms with van der Waals surface area (Å²) in [4.78, 5) is 16.4. The molecule has 0 unspecified atom stereocenters. The molecule has 0 aliphatic rings. The Morgan fingerprint density at radius 1 is 1.29 bits per heavy atom. The van der Waals surface area contributed by atoms with Gasteiger partial charge in [-0.25, -0.2) is 4.98 Å². The van der Waals surface area contributed by atoms with Gasteiger partial charge in [0.15, 0.2) is 0 Å². The number of aromatic nitrogens is 1. The smallest absolute Gasteiger partial charge is 0.256 e. The van der Waals surface area contributed by atoms with Crippen LogP contribution in [0.3, 0.4) is 0 Å². The lowest BCUT2D eigenvalue weighted by atomic mass is 10.1. The Bertz CT molecular complexity index is 699. The molecular formula is C17H16N2O2. The minimum Gasteiger partial charge on any atom is -0.395 e. The third kappa shape index (κ3) is 4.44. The van der Waals surface area contributed by atoms with Gasteiger partial charge in [0.1, 0.15) is 5.82 Å². The first-order valence-corrected chi connectivity index (χ1v) is 6.64. The molecule has 1 aromatic carbocycles. The minimum absolute atomic E-state index is 0.0339. The topological polar surface area (TPSA) is 62.2 Å². The third-order valence-electron chi connectivity index (χ3n) is 2.72. The molecule has 2 rings (SSSR count). The molecule has 0 radical (unpaired) electrons. The van der Waals surface area contributed by atoms with Crippen molar-refractivity contribution in [3.8, 4) is 11.8 Å². The van der Waals surface area contributed by atoms with Crippen LogP contribution in [0.1, 0.15) is 28.0 Å². The van der Waals surface area contributed by atoms with Crippen molar-refractivity contribution in [3.05, 3.63) is 59.3 Å². The Balaban J connectivity index is 2.13. The number of rotatable bonds is 3. The fourth-order valence-electron chi connectivity index (χ4n) is 1.76. The van der Waals surface area contributed by atoms with Crippen molar-refractivity contribution in [1.82, 2.24) is 4.98 Å². The largest absolute Gasteiger partial charge is 0.395 e. The molecule has 1 heterocycles. The number of aliphatic hydroxyl groups excluding tert-OH is 1. The number of aliphatic hydroxyl groups is 1. The molecule has 4 heteroatoms. The Morgan fingerprint density at radius 2 is 2.10 bits per heavy atom. The summed E-state index contributed by atoms with van der Waals surface area (Å²) in [6.45, 7) is 1.90. The van der Waals surface area contributed by atoms with Gasteiger partial charge in [0.05, 0.1) is 6.61 Å².